The Hall–Kier alpha value is -2.59. The fraction of sp³-hybridized carbons (Fsp3) is 0.250. The van der Waals surface area contributed by atoms with Crippen LogP contribution >= 0.6 is 11.6 Å². The van der Waals surface area contributed by atoms with Crippen molar-refractivity contribution in [3.8, 4) is 11.1 Å². The molecule has 0 saturated carbocycles. The number of rotatable bonds is 5. The summed E-state index contributed by atoms with van der Waals surface area (Å²) in [4.78, 5) is 15.2. The van der Waals surface area contributed by atoms with E-state index in [-0.39, 0.29) is 6.04 Å². The van der Waals surface area contributed by atoms with Crippen LogP contribution in [0.1, 0.15) is 18.7 Å². The van der Waals surface area contributed by atoms with E-state index in [4.69, 9.17) is 16.0 Å². The van der Waals surface area contributed by atoms with Crippen LogP contribution in [0.15, 0.2) is 52.6 Å². The molecule has 3 aromatic rings. The predicted molar refractivity (Wildman–Crippen MR) is 102 cm³/mol. The third kappa shape index (κ3) is 3.51. The van der Waals surface area contributed by atoms with E-state index < -0.39 is 0 Å². The molecule has 0 radical (unpaired) electrons. The number of nitrogens with zero attached hydrogens (tertiary/aromatic N) is 1. The minimum absolute atomic E-state index is 0.252. The Morgan fingerprint density at radius 3 is 3.00 bits per heavy atom. The van der Waals surface area contributed by atoms with Crippen molar-refractivity contribution in [2.45, 2.75) is 25.4 Å². The Labute approximate surface area is 156 Å². The van der Waals surface area contributed by atoms with Crippen LogP contribution in [0.3, 0.4) is 0 Å². The monoisotopic (exact) mass is 367 g/mol. The van der Waals surface area contributed by atoms with E-state index in [1.165, 1.54) is 0 Å². The third-order valence-corrected chi connectivity index (χ3v) is 4.86. The largest absolute Gasteiger partial charge is 0.439 e. The molecule has 2 aromatic carbocycles. The van der Waals surface area contributed by atoms with Gasteiger partial charge in [-0.2, -0.15) is 0 Å². The SMILES string of the molecule is O=C=C1CC[C@@H](CNCc2nc3cc(-c4ccccc4Cl)ccc3o2)N1. The number of hydrogen-bond acceptors (Lipinski definition) is 5. The lowest BCUT2D eigenvalue weighted by Crippen LogP contribution is -2.33. The molecule has 0 unspecified atom stereocenters. The standard InChI is InChI=1S/C20H18ClN3O2/c21-17-4-2-1-3-16(17)13-5-8-19-18(9-13)24-20(26-19)11-22-10-14-6-7-15(12-25)23-14/h1-5,8-9,14,22-23H,6-7,10-11H2/t14-/m0/s1. The van der Waals surface area contributed by atoms with Crippen molar-refractivity contribution in [1.29, 1.82) is 0 Å². The minimum atomic E-state index is 0.252. The molecule has 4 rings (SSSR count). The summed E-state index contributed by atoms with van der Waals surface area (Å²) < 4.78 is 5.80. The van der Waals surface area contributed by atoms with Crippen LogP contribution in [-0.2, 0) is 11.3 Å². The first-order valence-electron chi connectivity index (χ1n) is 8.58. The van der Waals surface area contributed by atoms with Gasteiger partial charge in [-0.25, -0.2) is 9.78 Å². The van der Waals surface area contributed by atoms with Gasteiger partial charge in [-0.1, -0.05) is 35.9 Å². The summed E-state index contributed by atoms with van der Waals surface area (Å²) >= 11 is 6.28. The van der Waals surface area contributed by atoms with Gasteiger partial charge < -0.3 is 15.1 Å². The van der Waals surface area contributed by atoms with Crippen molar-refractivity contribution in [1.82, 2.24) is 15.6 Å². The topological polar surface area (TPSA) is 67.2 Å². The second kappa shape index (κ2) is 7.34. The zero-order chi connectivity index (χ0) is 17.9. The number of nitrogens with one attached hydrogen (secondary N) is 2. The summed E-state index contributed by atoms with van der Waals surface area (Å²) in [7, 11) is 0. The summed E-state index contributed by atoms with van der Waals surface area (Å²) in [6.45, 7) is 1.28. The smallest absolute Gasteiger partial charge is 0.209 e. The number of aromatic nitrogens is 1. The number of carbonyl (C=O) groups excluding carboxylic acids is 1. The van der Waals surface area contributed by atoms with Crippen LogP contribution in [0.2, 0.25) is 5.02 Å². The molecule has 0 aliphatic carbocycles. The number of oxazole rings is 1. The predicted octanol–water partition coefficient (Wildman–Crippen LogP) is 3.71. The van der Waals surface area contributed by atoms with Gasteiger partial charge in [0.15, 0.2) is 5.58 Å². The molecule has 1 saturated heterocycles. The van der Waals surface area contributed by atoms with Crippen molar-refractivity contribution < 1.29 is 9.21 Å². The molecule has 6 heteroatoms. The molecule has 1 atom stereocenters. The van der Waals surface area contributed by atoms with E-state index in [0.717, 1.165) is 41.6 Å². The molecule has 1 aliphatic rings. The maximum absolute atomic E-state index is 10.6. The molecule has 2 N–H and O–H groups in total. The molecule has 132 valence electrons. The molecule has 26 heavy (non-hydrogen) atoms. The van der Waals surface area contributed by atoms with Crippen LogP contribution in [0, 0.1) is 0 Å². The van der Waals surface area contributed by atoms with Crippen molar-refractivity contribution in [2.24, 2.45) is 0 Å². The summed E-state index contributed by atoms with van der Waals surface area (Å²) in [6.07, 6.45) is 1.70. The zero-order valence-electron chi connectivity index (χ0n) is 14.1. The van der Waals surface area contributed by atoms with Gasteiger partial charge in [0.2, 0.25) is 5.89 Å². The first-order valence-corrected chi connectivity index (χ1v) is 8.96. The van der Waals surface area contributed by atoms with Gasteiger partial charge in [-0.05, 0) is 30.2 Å². The van der Waals surface area contributed by atoms with Gasteiger partial charge in [0.1, 0.15) is 11.5 Å². The van der Waals surface area contributed by atoms with Crippen LogP contribution in [0.4, 0.5) is 0 Å². The average Bonchev–Trinajstić information content (AvgIpc) is 3.27. The maximum Gasteiger partial charge on any atom is 0.209 e. The highest BCUT2D eigenvalue weighted by Crippen LogP contribution is 2.30. The Kier molecular flexibility index (Phi) is 4.76. The van der Waals surface area contributed by atoms with Gasteiger partial charge in [0, 0.05) is 29.6 Å². The Morgan fingerprint density at radius 1 is 1.31 bits per heavy atom. The second-order valence-corrected chi connectivity index (χ2v) is 6.77. The zero-order valence-corrected chi connectivity index (χ0v) is 14.8. The Bertz CT molecular complexity index is 992. The summed E-state index contributed by atoms with van der Waals surface area (Å²) in [5.41, 5.74) is 4.21. The highest BCUT2D eigenvalue weighted by Gasteiger charge is 2.18. The molecule has 1 aromatic heterocycles. The molecular weight excluding hydrogens is 350 g/mol. The fourth-order valence-corrected chi connectivity index (χ4v) is 3.45. The van der Waals surface area contributed by atoms with Crippen molar-refractivity contribution in [2.75, 3.05) is 6.54 Å². The van der Waals surface area contributed by atoms with Crippen molar-refractivity contribution in [3.05, 3.63) is 59.1 Å². The van der Waals surface area contributed by atoms with Crippen LogP contribution < -0.4 is 10.6 Å². The van der Waals surface area contributed by atoms with Crippen molar-refractivity contribution >= 4 is 28.6 Å². The summed E-state index contributed by atoms with van der Waals surface area (Å²) in [5.74, 6) is 2.57. The molecule has 0 spiro atoms. The highest BCUT2D eigenvalue weighted by atomic mass is 35.5. The first kappa shape index (κ1) is 16.9. The van der Waals surface area contributed by atoms with Gasteiger partial charge in [-0.15, -0.1) is 0 Å². The maximum atomic E-state index is 10.6. The first-order chi connectivity index (χ1) is 12.7. The fourth-order valence-electron chi connectivity index (χ4n) is 3.21. The highest BCUT2D eigenvalue weighted by molar-refractivity contribution is 6.33. The van der Waals surface area contributed by atoms with Gasteiger partial charge in [0.25, 0.3) is 0 Å². The average molecular weight is 368 g/mol. The molecule has 0 amide bonds. The number of allylic oxidation sites excluding steroid dienone is 1. The number of halogens is 1. The van der Waals surface area contributed by atoms with Crippen molar-refractivity contribution in [3.63, 3.8) is 0 Å². The molecule has 2 heterocycles. The minimum Gasteiger partial charge on any atom is -0.439 e. The lowest BCUT2D eigenvalue weighted by atomic mass is 10.1. The molecular formula is C20H18ClN3O2. The molecule has 1 aliphatic heterocycles. The quantitative estimate of drug-likeness (QED) is 0.673. The van der Waals surface area contributed by atoms with Crippen LogP contribution in [-0.4, -0.2) is 23.5 Å². The second-order valence-electron chi connectivity index (χ2n) is 6.36. The van der Waals surface area contributed by atoms with Crippen LogP contribution in [0.5, 0.6) is 0 Å². The normalized spacial score (nSPS) is 16.7. The van der Waals surface area contributed by atoms with E-state index in [1.54, 1.807) is 0 Å². The van der Waals surface area contributed by atoms with E-state index >= 15 is 0 Å². The van der Waals surface area contributed by atoms with Crippen LogP contribution in [0.25, 0.3) is 22.2 Å². The molecule has 1 fully saturated rings. The Morgan fingerprint density at radius 2 is 2.19 bits per heavy atom. The molecule has 5 nitrogen and oxygen atoms in total. The van der Waals surface area contributed by atoms with E-state index in [9.17, 15) is 4.79 Å². The van der Waals surface area contributed by atoms with Gasteiger partial charge in [-0.3, -0.25) is 0 Å². The van der Waals surface area contributed by atoms with E-state index in [0.29, 0.717) is 23.2 Å². The van der Waals surface area contributed by atoms with E-state index in [2.05, 4.69) is 15.6 Å². The van der Waals surface area contributed by atoms with Gasteiger partial charge in [0.05, 0.1) is 12.2 Å². The third-order valence-electron chi connectivity index (χ3n) is 4.53. The lowest BCUT2D eigenvalue weighted by Gasteiger charge is -2.10. The number of fused-ring (bicyclic) bond motifs is 1. The van der Waals surface area contributed by atoms with Gasteiger partial charge >= 0.3 is 0 Å². The molecule has 0 bridgehead atoms. The summed E-state index contributed by atoms with van der Waals surface area (Å²) in [6, 6.07) is 13.9. The lowest BCUT2D eigenvalue weighted by molar-refractivity contribution is 0.471. The van der Waals surface area contributed by atoms with E-state index in [1.807, 2.05) is 48.4 Å². The Balaban J connectivity index is 1.44. The number of hydrogen-bond donors (Lipinski definition) is 2. The summed E-state index contributed by atoms with van der Waals surface area (Å²) in [5, 5.41) is 7.19. The number of benzene rings is 2.